The van der Waals surface area contributed by atoms with E-state index in [1.807, 2.05) is 35.0 Å². The molecule has 0 bridgehead atoms. The van der Waals surface area contributed by atoms with E-state index in [1.54, 1.807) is 18.5 Å². The summed E-state index contributed by atoms with van der Waals surface area (Å²) in [6.45, 7) is 3.44. The van der Waals surface area contributed by atoms with Gasteiger partial charge in [-0.25, -0.2) is 0 Å². The molecule has 0 atom stereocenters. The molecule has 4 rings (SSSR count). The molecule has 0 unspecified atom stereocenters. The number of halogens is 3. The Bertz CT molecular complexity index is 1130. The van der Waals surface area contributed by atoms with Crippen molar-refractivity contribution in [2.24, 2.45) is 0 Å². The van der Waals surface area contributed by atoms with Crippen molar-refractivity contribution in [1.29, 1.82) is 0 Å². The first-order valence-electron chi connectivity index (χ1n) is 10.6. The Morgan fingerprint density at radius 3 is 2.50 bits per heavy atom. The smallest absolute Gasteiger partial charge is 0.343 e. The van der Waals surface area contributed by atoms with Crippen LogP contribution in [0.15, 0.2) is 60.9 Å². The van der Waals surface area contributed by atoms with E-state index >= 15 is 0 Å². The second kappa shape index (κ2) is 8.65. The van der Waals surface area contributed by atoms with E-state index in [-0.39, 0.29) is 5.91 Å². The quantitative estimate of drug-likeness (QED) is 0.453. The number of benzene rings is 2. The van der Waals surface area contributed by atoms with E-state index in [1.165, 1.54) is 12.1 Å². The molecule has 3 aromatic rings. The molecule has 166 valence electrons. The molecule has 0 saturated carbocycles. The molecule has 1 aromatic heterocycles. The molecular formula is C25H24F3N3O. The fourth-order valence-electron chi connectivity index (χ4n) is 3.98. The van der Waals surface area contributed by atoms with Gasteiger partial charge in [0, 0.05) is 43.1 Å². The van der Waals surface area contributed by atoms with Crippen LogP contribution in [0.4, 0.5) is 24.5 Å². The van der Waals surface area contributed by atoms with E-state index in [0.717, 1.165) is 59.6 Å². The molecule has 0 fully saturated rings. The van der Waals surface area contributed by atoms with Gasteiger partial charge in [0.15, 0.2) is 0 Å². The van der Waals surface area contributed by atoms with Crippen LogP contribution in [0.1, 0.15) is 41.3 Å². The van der Waals surface area contributed by atoms with Crippen molar-refractivity contribution in [3.63, 3.8) is 0 Å². The van der Waals surface area contributed by atoms with Gasteiger partial charge in [-0.1, -0.05) is 25.5 Å². The number of fused-ring (bicyclic) bond motifs is 1. The third kappa shape index (κ3) is 4.20. The monoisotopic (exact) mass is 439 g/mol. The highest BCUT2D eigenvalue weighted by atomic mass is 19.4. The highest BCUT2D eigenvalue weighted by Gasteiger charge is 2.30. The lowest BCUT2D eigenvalue weighted by molar-refractivity contribution is -0.137. The van der Waals surface area contributed by atoms with Crippen LogP contribution in [-0.2, 0) is 12.7 Å². The van der Waals surface area contributed by atoms with Crippen LogP contribution >= 0.6 is 0 Å². The normalized spacial score (nSPS) is 13.4. The van der Waals surface area contributed by atoms with Gasteiger partial charge in [0.1, 0.15) is 0 Å². The predicted octanol–water partition coefficient (Wildman–Crippen LogP) is 6.29. The first-order valence-corrected chi connectivity index (χ1v) is 10.6. The third-order valence-electron chi connectivity index (χ3n) is 5.82. The highest BCUT2D eigenvalue weighted by Crippen LogP contribution is 2.37. The molecule has 1 aliphatic heterocycles. The van der Waals surface area contributed by atoms with E-state index in [9.17, 15) is 18.0 Å². The molecule has 0 radical (unpaired) electrons. The number of anilines is 2. The lowest BCUT2D eigenvalue weighted by Crippen LogP contribution is -2.24. The Morgan fingerprint density at radius 1 is 1.06 bits per heavy atom. The van der Waals surface area contributed by atoms with Crippen molar-refractivity contribution in [3.8, 4) is 11.1 Å². The average Bonchev–Trinajstić information content (AvgIpc) is 3.11. The largest absolute Gasteiger partial charge is 0.416 e. The lowest BCUT2D eigenvalue weighted by Gasteiger charge is -2.23. The van der Waals surface area contributed by atoms with Crippen molar-refractivity contribution in [2.75, 3.05) is 18.5 Å². The number of hydrogen-bond acceptors (Lipinski definition) is 3. The SMILES string of the molecule is CCCCN1Cc2cc(N(C)c3cnccc3-c3ccc(C(F)(F)F)cc3)ccc2C1=O. The van der Waals surface area contributed by atoms with Crippen molar-refractivity contribution < 1.29 is 18.0 Å². The fraction of sp³-hybridized carbons (Fsp3) is 0.280. The summed E-state index contributed by atoms with van der Waals surface area (Å²) in [5.41, 5.74) is 4.13. The lowest BCUT2D eigenvalue weighted by atomic mass is 10.0. The van der Waals surface area contributed by atoms with Crippen molar-refractivity contribution in [1.82, 2.24) is 9.88 Å². The maximum absolute atomic E-state index is 12.9. The Balaban J connectivity index is 1.63. The van der Waals surface area contributed by atoms with E-state index in [2.05, 4.69) is 11.9 Å². The number of carbonyl (C=O) groups is 1. The molecule has 0 saturated heterocycles. The minimum absolute atomic E-state index is 0.0643. The van der Waals surface area contributed by atoms with Gasteiger partial charge in [-0.3, -0.25) is 9.78 Å². The molecule has 2 aromatic carbocycles. The molecule has 2 heterocycles. The Kier molecular flexibility index (Phi) is 5.91. The summed E-state index contributed by atoms with van der Waals surface area (Å²) in [7, 11) is 1.89. The van der Waals surface area contributed by atoms with Crippen LogP contribution < -0.4 is 4.90 Å². The summed E-state index contributed by atoms with van der Waals surface area (Å²) in [6, 6.07) is 12.7. The first-order chi connectivity index (χ1) is 15.3. The number of amides is 1. The van der Waals surface area contributed by atoms with Crippen LogP contribution in [0, 0.1) is 0 Å². The van der Waals surface area contributed by atoms with E-state index in [4.69, 9.17) is 0 Å². The van der Waals surface area contributed by atoms with Gasteiger partial charge in [-0.05, 0) is 53.9 Å². The summed E-state index contributed by atoms with van der Waals surface area (Å²) in [5, 5.41) is 0. The fourth-order valence-corrected chi connectivity index (χ4v) is 3.98. The maximum Gasteiger partial charge on any atom is 0.416 e. The molecule has 1 amide bonds. The van der Waals surface area contributed by atoms with Crippen molar-refractivity contribution in [3.05, 3.63) is 77.6 Å². The summed E-state index contributed by atoms with van der Waals surface area (Å²) >= 11 is 0. The molecule has 4 nitrogen and oxygen atoms in total. The first kappa shape index (κ1) is 21.9. The Hall–Kier alpha value is -3.35. The number of hydrogen-bond donors (Lipinski definition) is 0. The van der Waals surface area contributed by atoms with Crippen LogP contribution in [0.3, 0.4) is 0 Å². The van der Waals surface area contributed by atoms with Gasteiger partial charge in [-0.15, -0.1) is 0 Å². The predicted molar refractivity (Wildman–Crippen MR) is 119 cm³/mol. The maximum atomic E-state index is 12.9. The van der Waals surface area contributed by atoms with E-state index < -0.39 is 11.7 Å². The minimum Gasteiger partial charge on any atom is -0.343 e. The molecule has 0 spiro atoms. The van der Waals surface area contributed by atoms with Crippen LogP contribution in [0.5, 0.6) is 0 Å². The molecule has 0 aliphatic carbocycles. The number of carbonyl (C=O) groups excluding carboxylic acids is 1. The number of rotatable bonds is 6. The average molecular weight is 439 g/mol. The second-order valence-corrected chi connectivity index (χ2v) is 7.95. The van der Waals surface area contributed by atoms with E-state index in [0.29, 0.717) is 12.1 Å². The molecule has 7 heteroatoms. The zero-order chi connectivity index (χ0) is 22.9. The minimum atomic E-state index is -4.37. The Morgan fingerprint density at radius 2 is 1.81 bits per heavy atom. The molecule has 0 N–H and O–H groups in total. The number of alkyl halides is 3. The summed E-state index contributed by atoms with van der Waals surface area (Å²) in [5.74, 6) is 0.0643. The topological polar surface area (TPSA) is 36.4 Å². The molecule has 1 aliphatic rings. The molecule has 32 heavy (non-hydrogen) atoms. The van der Waals surface area contributed by atoms with Gasteiger partial charge in [-0.2, -0.15) is 13.2 Å². The summed E-state index contributed by atoms with van der Waals surface area (Å²) < 4.78 is 38.8. The highest BCUT2D eigenvalue weighted by molar-refractivity contribution is 5.99. The zero-order valence-electron chi connectivity index (χ0n) is 18.0. The number of aromatic nitrogens is 1. The van der Waals surface area contributed by atoms with Crippen LogP contribution in [0.25, 0.3) is 11.1 Å². The third-order valence-corrected chi connectivity index (χ3v) is 5.82. The van der Waals surface area contributed by atoms with Crippen molar-refractivity contribution in [2.45, 2.75) is 32.5 Å². The van der Waals surface area contributed by atoms with Gasteiger partial charge >= 0.3 is 6.18 Å². The standard InChI is InChI=1S/C25H24F3N3O/c1-3-4-13-31-16-18-14-20(9-10-22(18)24(31)32)30(2)23-15-29-12-11-21(23)17-5-7-19(8-6-17)25(26,27)28/h5-12,14-15H,3-4,13,16H2,1-2H3. The zero-order valence-corrected chi connectivity index (χ0v) is 18.0. The van der Waals surface area contributed by atoms with Gasteiger partial charge in [0.05, 0.1) is 17.4 Å². The molecular weight excluding hydrogens is 415 g/mol. The summed E-state index contributed by atoms with van der Waals surface area (Å²) in [6.07, 6.45) is 0.944. The van der Waals surface area contributed by atoms with Crippen molar-refractivity contribution >= 4 is 17.3 Å². The van der Waals surface area contributed by atoms with Gasteiger partial charge in [0.2, 0.25) is 0 Å². The number of pyridine rings is 1. The van der Waals surface area contributed by atoms with Crippen LogP contribution in [0.2, 0.25) is 0 Å². The Labute approximate surface area is 185 Å². The second-order valence-electron chi connectivity index (χ2n) is 7.95. The van der Waals surface area contributed by atoms with Crippen LogP contribution in [-0.4, -0.2) is 29.4 Å². The number of unbranched alkanes of at least 4 members (excludes halogenated alkanes) is 1. The number of nitrogens with zero attached hydrogens (tertiary/aromatic N) is 3. The van der Waals surface area contributed by atoms with Gasteiger partial charge in [0.25, 0.3) is 5.91 Å². The summed E-state index contributed by atoms with van der Waals surface area (Å²) in [4.78, 5) is 20.6. The van der Waals surface area contributed by atoms with Gasteiger partial charge < -0.3 is 9.80 Å².